The molecule has 1 aliphatic heterocycles. The van der Waals surface area contributed by atoms with Gasteiger partial charge < -0.3 is 9.84 Å². The average Bonchev–Trinajstić information content (AvgIpc) is 2.97. The number of rotatable bonds is 3. The molecule has 1 aromatic heterocycles. The van der Waals surface area contributed by atoms with Crippen LogP contribution in [0.3, 0.4) is 0 Å². The fourth-order valence-electron chi connectivity index (χ4n) is 2.58. The van der Waals surface area contributed by atoms with Crippen molar-refractivity contribution in [2.45, 2.75) is 13.0 Å². The number of nitrogens with one attached hydrogen (secondary N) is 1. The summed E-state index contributed by atoms with van der Waals surface area (Å²) < 4.78 is 5.32. The lowest BCUT2D eigenvalue weighted by atomic mass is 10.1. The summed E-state index contributed by atoms with van der Waals surface area (Å²) in [5.41, 5.74) is 1.34. The van der Waals surface area contributed by atoms with Gasteiger partial charge in [0.2, 0.25) is 0 Å². The second kappa shape index (κ2) is 7.03. The van der Waals surface area contributed by atoms with Gasteiger partial charge in [-0.1, -0.05) is 5.16 Å². The lowest BCUT2D eigenvalue weighted by Crippen LogP contribution is -2.44. The van der Waals surface area contributed by atoms with Crippen LogP contribution in [0.2, 0.25) is 0 Å². The van der Waals surface area contributed by atoms with Crippen LogP contribution in [0.25, 0.3) is 11.5 Å². The number of halogens is 1. The van der Waals surface area contributed by atoms with E-state index in [0.29, 0.717) is 22.8 Å². The van der Waals surface area contributed by atoms with Gasteiger partial charge in [0.05, 0.1) is 11.0 Å². The van der Waals surface area contributed by atoms with Crippen molar-refractivity contribution in [1.82, 2.24) is 20.4 Å². The summed E-state index contributed by atoms with van der Waals surface area (Å²) in [6.45, 7) is 4.33. The first-order valence-electron chi connectivity index (χ1n) is 7.06. The maximum Gasteiger partial charge on any atom is 0.272 e. The molecule has 2 heterocycles. The fraction of sp³-hybridized carbons (Fsp3) is 0.429. The van der Waals surface area contributed by atoms with Gasteiger partial charge in [0, 0.05) is 36.8 Å². The first kappa shape index (κ1) is 17.3. The highest BCUT2D eigenvalue weighted by Gasteiger charge is 2.25. The van der Waals surface area contributed by atoms with Crippen molar-refractivity contribution in [1.29, 1.82) is 0 Å². The maximum atomic E-state index is 10.9. The average molecular weight is 340 g/mol. The first-order valence-corrected chi connectivity index (χ1v) is 7.06. The summed E-state index contributed by atoms with van der Waals surface area (Å²) in [6, 6.07) is 4.86. The Hall–Kier alpha value is -2.03. The quantitative estimate of drug-likeness (QED) is 0.674. The Balaban J connectivity index is 0.00000192. The van der Waals surface area contributed by atoms with Crippen molar-refractivity contribution in [2.75, 3.05) is 26.7 Å². The van der Waals surface area contributed by atoms with Gasteiger partial charge in [-0.15, -0.1) is 12.4 Å². The normalized spacial score (nSPS) is 18.4. The molecule has 0 spiro atoms. The van der Waals surface area contributed by atoms with E-state index in [9.17, 15) is 10.1 Å². The summed E-state index contributed by atoms with van der Waals surface area (Å²) in [6.07, 6.45) is 0. The zero-order valence-electron chi connectivity index (χ0n) is 12.9. The van der Waals surface area contributed by atoms with E-state index in [-0.39, 0.29) is 24.1 Å². The second-order valence-corrected chi connectivity index (χ2v) is 5.42. The third-order valence-electron chi connectivity index (χ3n) is 3.89. The van der Waals surface area contributed by atoms with E-state index in [1.54, 1.807) is 19.1 Å². The minimum atomic E-state index is -0.402. The number of nitro groups is 1. The fourth-order valence-corrected chi connectivity index (χ4v) is 2.58. The molecule has 8 nitrogen and oxygen atoms in total. The molecule has 1 saturated heterocycles. The molecule has 1 aromatic carbocycles. The van der Waals surface area contributed by atoms with Gasteiger partial charge in [-0.25, -0.2) is 0 Å². The van der Waals surface area contributed by atoms with E-state index in [1.807, 2.05) is 7.05 Å². The molecule has 1 atom stereocenters. The molecule has 1 fully saturated rings. The smallest absolute Gasteiger partial charge is 0.272 e. The van der Waals surface area contributed by atoms with Gasteiger partial charge in [-0.05, 0) is 26.1 Å². The molecule has 0 aliphatic carbocycles. The highest BCUT2D eigenvalue weighted by atomic mass is 35.5. The number of piperazine rings is 1. The molecule has 9 heteroatoms. The van der Waals surface area contributed by atoms with E-state index in [1.165, 1.54) is 6.07 Å². The van der Waals surface area contributed by atoms with E-state index in [2.05, 4.69) is 20.4 Å². The van der Waals surface area contributed by atoms with Crippen LogP contribution in [0.1, 0.15) is 17.4 Å². The Kier molecular flexibility index (Phi) is 5.30. The van der Waals surface area contributed by atoms with Crippen LogP contribution in [0.5, 0.6) is 0 Å². The lowest BCUT2D eigenvalue weighted by molar-refractivity contribution is -0.385. The van der Waals surface area contributed by atoms with E-state index >= 15 is 0 Å². The number of nitrogens with zero attached hydrogens (tertiary/aromatic N) is 4. The minimum absolute atomic E-state index is 0. The molecule has 0 radical (unpaired) electrons. The van der Waals surface area contributed by atoms with Crippen LogP contribution in [0.15, 0.2) is 22.7 Å². The van der Waals surface area contributed by atoms with Crippen molar-refractivity contribution in [3.8, 4) is 11.5 Å². The van der Waals surface area contributed by atoms with Crippen molar-refractivity contribution >= 4 is 18.1 Å². The molecule has 1 aliphatic rings. The molecule has 2 aromatic rings. The minimum Gasteiger partial charge on any atom is -0.334 e. The zero-order chi connectivity index (χ0) is 15.7. The van der Waals surface area contributed by atoms with Crippen molar-refractivity contribution < 1.29 is 9.45 Å². The van der Waals surface area contributed by atoms with Crippen LogP contribution in [-0.4, -0.2) is 46.6 Å². The van der Waals surface area contributed by atoms with Gasteiger partial charge in [0.1, 0.15) is 0 Å². The van der Waals surface area contributed by atoms with E-state index in [0.717, 1.165) is 19.6 Å². The third kappa shape index (κ3) is 3.49. The molecule has 0 saturated carbocycles. The number of nitro benzene ring substituents is 1. The summed E-state index contributed by atoms with van der Waals surface area (Å²) in [5, 5.41) is 18.2. The van der Waals surface area contributed by atoms with Crippen molar-refractivity contribution in [3.05, 3.63) is 39.7 Å². The van der Waals surface area contributed by atoms with E-state index in [4.69, 9.17) is 4.52 Å². The van der Waals surface area contributed by atoms with Gasteiger partial charge in [-0.2, -0.15) is 4.98 Å². The Bertz CT molecular complexity index is 705. The van der Waals surface area contributed by atoms with Crippen LogP contribution in [0.4, 0.5) is 5.69 Å². The van der Waals surface area contributed by atoms with Crippen LogP contribution >= 0.6 is 12.4 Å². The Morgan fingerprint density at radius 2 is 2.26 bits per heavy atom. The Labute approximate surface area is 139 Å². The molecular formula is C14H18ClN5O3. The molecule has 3 rings (SSSR count). The molecule has 23 heavy (non-hydrogen) atoms. The largest absolute Gasteiger partial charge is 0.334 e. The number of benzene rings is 1. The second-order valence-electron chi connectivity index (χ2n) is 5.42. The summed E-state index contributed by atoms with van der Waals surface area (Å²) in [7, 11) is 2.03. The molecule has 1 N–H and O–H groups in total. The van der Waals surface area contributed by atoms with Crippen molar-refractivity contribution in [3.63, 3.8) is 0 Å². The number of aryl methyl sites for hydroxylation is 1. The summed E-state index contributed by atoms with van der Waals surface area (Å²) in [4.78, 5) is 17.1. The Morgan fingerprint density at radius 1 is 1.48 bits per heavy atom. The van der Waals surface area contributed by atoms with Crippen LogP contribution < -0.4 is 5.32 Å². The molecule has 0 amide bonds. The molecule has 0 bridgehead atoms. The van der Waals surface area contributed by atoms with Crippen LogP contribution in [0, 0.1) is 17.0 Å². The molecular weight excluding hydrogens is 322 g/mol. The van der Waals surface area contributed by atoms with Gasteiger partial charge >= 0.3 is 0 Å². The monoisotopic (exact) mass is 339 g/mol. The number of likely N-dealkylation sites (N-methyl/N-ethyl adjacent to an activating group) is 1. The predicted octanol–water partition coefficient (Wildman–Crippen LogP) is 1.95. The predicted molar refractivity (Wildman–Crippen MR) is 86.6 cm³/mol. The van der Waals surface area contributed by atoms with Crippen molar-refractivity contribution in [2.24, 2.45) is 0 Å². The zero-order valence-corrected chi connectivity index (χ0v) is 13.7. The van der Waals surface area contributed by atoms with Gasteiger partial charge in [0.15, 0.2) is 5.82 Å². The topological polar surface area (TPSA) is 97.3 Å². The first-order chi connectivity index (χ1) is 10.6. The van der Waals surface area contributed by atoms with Gasteiger partial charge in [0.25, 0.3) is 11.6 Å². The highest BCUT2D eigenvalue weighted by Crippen LogP contribution is 2.26. The van der Waals surface area contributed by atoms with Crippen LogP contribution in [-0.2, 0) is 0 Å². The number of aromatic nitrogens is 2. The highest BCUT2D eigenvalue weighted by molar-refractivity contribution is 5.85. The SMILES string of the molecule is Cc1cc(-c2nc(C3CNCCN3C)no2)ccc1[N+](=O)[O-].Cl. The third-order valence-corrected chi connectivity index (χ3v) is 3.89. The Morgan fingerprint density at radius 3 is 2.91 bits per heavy atom. The number of hydrogen-bond donors (Lipinski definition) is 1. The summed E-state index contributed by atoms with van der Waals surface area (Å²) in [5.74, 6) is 1.01. The van der Waals surface area contributed by atoms with Gasteiger partial charge in [-0.3, -0.25) is 15.0 Å². The molecule has 124 valence electrons. The standard InChI is InChI=1S/C14H17N5O3.ClH/c1-9-7-10(3-4-11(9)19(20)21)14-16-13(17-22-14)12-8-15-5-6-18(12)2;/h3-4,7,12,15H,5-6,8H2,1-2H3;1H. The summed E-state index contributed by atoms with van der Waals surface area (Å²) >= 11 is 0. The molecule has 1 unspecified atom stereocenters. The lowest BCUT2D eigenvalue weighted by Gasteiger charge is -2.30. The maximum absolute atomic E-state index is 10.9. The number of hydrogen-bond acceptors (Lipinski definition) is 7. The van der Waals surface area contributed by atoms with E-state index < -0.39 is 4.92 Å².